The number of aliphatic hydroxyl groups is 1. The Morgan fingerprint density at radius 1 is 1.23 bits per heavy atom. The van der Waals surface area contributed by atoms with Gasteiger partial charge < -0.3 is 25.2 Å². The van der Waals surface area contributed by atoms with Gasteiger partial charge in [-0.05, 0) is 43.7 Å². The molecule has 12 nitrogen and oxygen atoms in total. The molecule has 40 heavy (non-hydrogen) atoms. The third kappa shape index (κ3) is 7.83. The van der Waals surface area contributed by atoms with Crippen LogP contribution in [0.5, 0.6) is 0 Å². The fraction of sp³-hybridized carbons (Fsp3) is 0.654. The van der Waals surface area contributed by atoms with Crippen LogP contribution in [-0.2, 0) is 24.8 Å². The second-order valence-corrected chi connectivity index (χ2v) is 12.4. The number of ketones is 1. The van der Waals surface area contributed by atoms with Gasteiger partial charge in [0.05, 0.1) is 23.6 Å². The molecule has 0 unspecified atom stereocenters. The quantitative estimate of drug-likeness (QED) is 0.280. The number of aromatic nitrogens is 2. The fourth-order valence-corrected chi connectivity index (χ4v) is 4.91. The van der Waals surface area contributed by atoms with E-state index in [4.69, 9.17) is 21.1 Å². The molecule has 1 aliphatic heterocycles. The molecule has 2 amide bonds. The number of halogens is 2. The zero-order valence-corrected chi connectivity index (χ0v) is 26.0. The molecule has 2 heterocycles. The number of nitrogens with zero attached hydrogens (tertiary/aromatic N) is 1. The van der Waals surface area contributed by atoms with E-state index >= 15 is 0 Å². The minimum atomic E-state index is -2.07. The predicted molar refractivity (Wildman–Crippen MR) is 153 cm³/mol. The second kappa shape index (κ2) is 13.5. The van der Waals surface area contributed by atoms with Crippen molar-refractivity contribution in [3.8, 4) is 0 Å². The molecule has 14 heteroatoms. The van der Waals surface area contributed by atoms with Crippen LogP contribution in [0.4, 0.5) is 4.79 Å². The second-order valence-electron chi connectivity index (χ2n) is 11.3. The molecule has 0 aromatic carbocycles. The number of Topliss-reactive ketones (excluding diaryl/α,β-unsaturated/α-hetero) is 1. The van der Waals surface area contributed by atoms with Crippen molar-refractivity contribution in [2.45, 2.75) is 89.8 Å². The van der Waals surface area contributed by atoms with Gasteiger partial charge in [0.25, 0.3) is 5.56 Å². The highest BCUT2D eigenvalue weighted by Crippen LogP contribution is 2.39. The number of rotatable bonds is 10. The molecule has 0 radical (unpaired) electrons. The van der Waals surface area contributed by atoms with Gasteiger partial charge in [0.15, 0.2) is 0 Å². The molecule has 224 valence electrons. The van der Waals surface area contributed by atoms with Gasteiger partial charge in [0.1, 0.15) is 17.7 Å². The number of alkyl carbamates (subject to hydrolysis) is 1. The molecular formula is C26H38BrClN4O8. The Balaban J connectivity index is 2.56. The molecule has 0 bridgehead atoms. The Bertz CT molecular complexity index is 1240. The zero-order valence-electron chi connectivity index (χ0n) is 23.6. The molecule has 1 aromatic heterocycles. The highest BCUT2D eigenvalue weighted by molar-refractivity contribution is 9.11. The van der Waals surface area contributed by atoms with Crippen molar-refractivity contribution < 1.29 is 29.0 Å². The van der Waals surface area contributed by atoms with E-state index in [9.17, 15) is 29.1 Å². The monoisotopic (exact) mass is 648 g/mol. The first-order valence-corrected chi connectivity index (χ1v) is 14.2. The van der Waals surface area contributed by atoms with E-state index in [1.807, 2.05) is 0 Å². The van der Waals surface area contributed by atoms with Gasteiger partial charge in [-0.25, -0.2) is 9.59 Å². The van der Waals surface area contributed by atoms with Gasteiger partial charge >= 0.3 is 11.8 Å². The summed E-state index contributed by atoms with van der Waals surface area (Å²) in [6, 6.07) is -2.27. The first-order valence-electron chi connectivity index (χ1n) is 12.9. The van der Waals surface area contributed by atoms with Gasteiger partial charge in [-0.2, -0.15) is 0 Å². The topological polar surface area (TPSA) is 169 Å². The average Bonchev–Trinajstić information content (AvgIpc) is 3.17. The maximum Gasteiger partial charge on any atom is 0.408 e. The summed E-state index contributed by atoms with van der Waals surface area (Å²) in [6.07, 6.45) is 0.499. The van der Waals surface area contributed by atoms with E-state index in [2.05, 4.69) is 31.5 Å². The van der Waals surface area contributed by atoms with Crippen molar-refractivity contribution in [2.75, 3.05) is 6.61 Å². The van der Waals surface area contributed by atoms with Crippen molar-refractivity contribution in [2.24, 2.45) is 11.8 Å². The third-order valence-electron chi connectivity index (χ3n) is 6.26. The third-order valence-corrected chi connectivity index (χ3v) is 6.96. The number of aliphatic hydroxyl groups excluding tert-OH is 1. The number of hydrogen-bond donors (Lipinski definition) is 4. The van der Waals surface area contributed by atoms with Crippen molar-refractivity contribution in [3.63, 3.8) is 0 Å². The molecule has 5 atom stereocenters. The Morgan fingerprint density at radius 3 is 2.30 bits per heavy atom. The van der Waals surface area contributed by atoms with Crippen molar-refractivity contribution in [3.05, 3.63) is 37.6 Å². The summed E-state index contributed by atoms with van der Waals surface area (Å²) in [5.74, 6) is -2.26. The van der Waals surface area contributed by atoms with Crippen molar-refractivity contribution >= 4 is 51.4 Å². The lowest BCUT2D eigenvalue weighted by Gasteiger charge is -2.35. The summed E-state index contributed by atoms with van der Waals surface area (Å²) in [7, 11) is 0. The standard InChI is InChI=1S/C26H38BrClN4O8/c1-13(2)18(29-22(36)19(14(3)4)30-24(38)40-25(5,6)7)20(34)26(10-16(28)17(12-33)39-26)32-11-15(8-9-27)21(35)31-23(32)37/h8-9,11,13-14,16-19,33H,10,12H2,1-7H3,(H,29,36)(H,30,38)(H,31,35,37)/b9-8+/t16-,17+,18-,19-,26-/m0/s1. The first kappa shape index (κ1) is 33.7. The van der Waals surface area contributed by atoms with E-state index in [-0.39, 0.29) is 17.9 Å². The Kier molecular flexibility index (Phi) is 11.3. The van der Waals surface area contributed by atoms with E-state index in [1.54, 1.807) is 48.5 Å². The van der Waals surface area contributed by atoms with E-state index in [0.29, 0.717) is 0 Å². The Hall–Kier alpha value is -2.48. The normalized spacial score (nSPS) is 22.9. The number of alkyl halides is 1. The molecule has 0 aliphatic carbocycles. The number of amides is 2. The van der Waals surface area contributed by atoms with Crippen LogP contribution in [0.25, 0.3) is 6.08 Å². The molecule has 1 saturated heterocycles. The van der Waals surface area contributed by atoms with E-state index in [0.717, 1.165) is 4.57 Å². The number of ether oxygens (including phenoxy) is 2. The maximum atomic E-state index is 14.3. The van der Waals surface area contributed by atoms with Crippen LogP contribution >= 0.6 is 27.5 Å². The number of nitrogens with one attached hydrogen (secondary N) is 3. The molecule has 0 saturated carbocycles. The lowest BCUT2D eigenvalue weighted by molar-refractivity contribution is -0.165. The van der Waals surface area contributed by atoms with Crippen LogP contribution in [0.2, 0.25) is 0 Å². The van der Waals surface area contributed by atoms with Gasteiger partial charge in [0.2, 0.25) is 17.4 Å². The van der Waals surface area contributed by atoms with Crippen molar-refractivity contribution in [1.82, 2.24) is 20.2 Å². The SMILES string of the molecule is CC(C)[C@H](NC(=O)OC(C)(C)C)C(=O)N[C@H](C(=O)[C@]1(n2cc(/C=C/Br)c(=O)[nH]c2=O)C[C@H](Cl)[C@@H](CO)O1)C(C)C. The number of hydrogen-bond acceptors (Lipinski definition) is 8. The minimum Gasteiger partial charge on any atom is -0.444 e. The van der Waals surface area contributed by atoms with E-state index < -0.39 is 76.4 Å². The van der Waals surface area contributed by atoms with Crippen LogP contribution in [0.3, 0.4) is 0 Å². The Labute approximate surface area is 246 Å². The number of H-pyrrole nitrogens is 1. The molecule has 1 aliphatic rings. The average molecular weight is 650 g/mol. The molecule has 4 N–H and O–H groups in total. The molecular weight excluding hydrogens is 612 g/mol. The lowest BCUT2D eigenvalue weighted by atomic mass is 9.89. The van der Waals surface area contributed by atoms with Gasteiger partial charge in [0, 0.05) is 12.6 Å². The largest absolute Gasteiger partial charge is 0.444 e. The predicted octanol–water partition coefficient (Wildman–Crippen LogP) is 2.20. The summed E-state index contributed by atoms with van der Waals surface area (Å²) in [5.41, 5.74) is -4.45. The van der Waals surface area contributed by atoms with Gasteiger partial charge in [-0.1, -0.05) is 43.6 Å². The van der Waals surface area contributed by atoms with Crippen LogP contribution < -0.4 is 21.9 Å². The van der Waals surface area contributed by atoms with Crippen LogP contribution in [0, 0.1) is 11.8 Å². The zero-order chi connectivity index (χ0) is 30.6. The minimum absolute atomic E-state index is 0.0392. The summed E-state index contributed by atoms with van der Waals surface area (Å²) in [6.45, 7) is 11.3. The highest BCUT2D eigenvalue weighted by Gasteiger charge is 2.55. The summed E-state index contributed by atoms with van der Waals surface area (Å²) in [4.78, 5) is 69.1. The molecule has 1 fully saturated rings. The number of carbonyl (C=O) groups excluding carboxylic acids is 3. The summed E-state index contributed by atoms with van der Waals surface area (Å²) >= 11 is 9.53. The van der Waals surface area contributed by atoms with Crippen LogP contribution in [-0.4, -0.2) is 68.2 Å². The smallest absolute Gasteiger partial charge is 0.408 e. The fourth-order valence-electron chi connectivity index (χ4n) is 4.28. The molecule has 0 spiro atoms. The van der Waals surface area contributed by atoms with Gasteiger partial charge in [-0.3, -0.25) is 23.9 Å². The molecule has 1 aromatic rings. The van der Waals surface area contributed by atoms with Crippen molar-refractivity contribution in [1.29, 1.82) is 0 Å². The van der Waals surface area contributed by atoms with Crippen LogP contribution in [0.1, 0.15) is 60.5 Å². The lowest BCUT2D eigenvalue weighted by Crippen LogP contribution is -2.61. The first-order chi connectivity index (χ1) is 18.5. The summed E-state index contributed by atoms with van der Waals surface area (Å²) < 4.78 is 12.2. The number of carbonyl (C=O) groups is 3. The molecule has 2 rings (SSSR count). The number of aromatic amines is 1. The van der Waals surface area contributed by atoms with E-state index in [1.165, 1.54) is 17.3 Å². The maximum absolute atomic E-state index is 14.3. The Morgan fingerprint density at radius 2 is 1.82 bits per heavy atom. The van der Waals surface area contributed by atoms with Gasteiger partial charge in [-0.15, -0.1) is 11.6 Å². The highest BCUT2D eigenvalue weighted by atomic mass is 79.9. The summed E-state index contributed by atoms with van der Waals surface area (Å²) in [5, 5.41) is 14.2. The van der Waals surface area contributed by atoms with Crippen LogP contribution in [0.15, 0.2) is 20.8 Å².